The van der Waals surface area contributed by atoms with Gasteiger partial charge in [0.15, 0.2) is 5.65 Å². The lowest BCUT2D eigenvalue weighted by Gasteiger charge is -2.03. The fourth-order valence-electron chi connectivity index (χ4n) is 2.10. The number of nitrogens with one attached hydrogen (secondary N) is 1. The number of imidazole rings is 1. The van der Waals surface area contributed by atoms with Gasteiger partial charge in [-0.25, -0.2) is 9.97 Å². The van der Waals surface area contributed by atoms with Crippen molar-refractivity contribution in [2.45, 2.75) is 26.9 Å². The lowest BCUT2D eigenvalue weighted by atomic mass is 10.3. The van der Waals surface area contributed by atoms with Gasteiger partial charge in [-0.3, -0.25) is 4.40 Å². The Morgan fingerprint density at radius 1 is 1.25 bits per heavy atom. The van der Waals surface area contributed by atoms with E-state index in [1.165, 1.54) is 15.3 Å². The second-order valence-corrected chi connectivity index (χ2v) is 6.90. The third-order valence-electron chi connectivity index (χ3n) is 3.26. The standard InChI is InChI=1S/C14H15BrN4S/c1-9-3-12(20-10(9)2)6-16-4-11-5-18-14-7-17-13(15)8-19(11)14/h3,5,7-8,16H,4,6H2,1-2H3. The number of aryl methyl sites for hydroxylation is 2. The van der Waals surface area contributed by atoms with E-state index in [2.05, 4.69) is 55.5 Å². The summed E-state index contributed by atoms with van der Waals surface area (Å²) in [5.41, 5.74) is 3.37. The molecule has 6 heteroatoms. The van der Waals surface area contributed by atoms with Gasteiger partial charge in [0.05, 0.1) is 18.1 Å². The van der Waals surface area contributed by atoms with E-state index in [0.29, 0.717) is 0 Å². The lowest BCUT2D eigenvalue weighted by Crippen LogP contribution is -2.13. The molecule has 0 unspecified atom stereocenters. The van der Waals surface area contributed by atoms with Gasteiger partial charge in [0, 0.05) is 29.0 Å². The molecule has 0 bridgehead atoms. The molecule has 0 aliphatic rings. The molecule has 104 valence electrons. The smallest absolute Gasteiger partial charge is 0.155 e. The highest BCUT2D eigenvalue weighted by molar-refractivity contribution is 9.10. The van der Waals surface area contributed by atoms with Crippen LogP contribution in [0.3, 0.4) is 0 Å². The van der Waals surface area contributed by atoms with E-state index in [1.54, 1.807) is 6.20 Å². The van der Waals surface area contributed by atoms with Crippen LogP contribution in [0.1, 0.15) is 21.0 Å². The first-order chi connectivity index (χ1) is 9.63. The third kappa shape index (κ3) is 2.77. The van der Waals surface area contributed by atoms with Gasteiger partial charge in [-0.1, -0.05) is 0 Å². The number of hydrogen-bond acceptors (Lipinski definition) is 4. The van der Waals surface area contributed by atoms with E-state index in [-0.39, 0.29) is 0 Å². The van der Waals surface area contributed by atoms with Crippen molar-refractivity contribution < 1.29 is 0 Å². The van der Waals surface area contributed by atoms with Crippen LogP contribution >= 0.6 is 27.3 Å². The van der Waals surface area contributed by atoms with Gasteiger partial charge in [0.25, 0.3) is 0 Å². The molecule has 3 rings (SSSR count). The van der Waals surface area contributed by atoms with Crippen molar-refractivity contribution in [2.24, 2.45) is 0 Å². The molecule has 0 radical (unpaired) electrons. The van der Waals surface area contributed by atoms with Gasteiger partial charge in [-0.15, -0.1) is 11.3 Å². The number of aromatic nitrogens is 3. The van der Waals surface area contributed by atoms with E-state index >= 15 is 0 Å². The van der Waals surface area contributed by atoms with Crippen LogP contribution in [0.15, 0.2) is 29.3 Å². The molecule has 0 amide bonds. The lowest BCUT2D eigenvalue weighted by molar-refractivity contribution is 0.681. The third-order valence-corrected chi connectivity index (χ3v) is 4.83. The van der Waals surface area contributed by atoms with E-state index in [1.807, 2.05) is 23.7 Å². The number of rotatable bonds is 4. The number of thiophene rings is 1. The predicted octanol–water partition coefficient (Wildman–Crippen LogP) is 3.46. The maximum atomic E-state index is 4.35. The fourth-order valence-corrected chi connectivity index (χ4v) is 3.43. The molecule has 4 nitrogen and oxygen atoms in total. The normalized spacial score (nSPS) is 11.3. The second-order valence-electron chi connectivity index (χ2n) is 4.74. The molecule has 0 fully saturated rings. The summed E-state index contributed by atoms with van der Waals surface area (Å²) in [5, 5.41) is 3.47. The highest BCUT2D eigenvalue weighted by atomic mass is 79.9. The van der Waals surface area contributed by atoms with Gasteiger partial charge in [-0.05, 0) is 41.4 Å². The highest BCUT2D eigenvalue weighted by Crippen LogP contribution is 2.20. The summed E-state index contributed by atoms with van der Waals surface area (Å²) in [6, 6.07) is 2.25. The summed E-state index contributed by atoms with van der Waals surface area (Å²) in [5.74, 6) is 0. The number of fused-ring (bicyclic) bond motifs is 1. The molecule has 0 saturated carbocycles. The zero-order chi connectivity index (χ0) is 14.1. The maximum absolute atomic E-state index is 4.35. The summed E-state index contributed by atoms with van der Waals surface area (Å²) in [7, 11) is 0. The van der Waals surface area contributed by atoms with Crippen LogP contribution in [0, 0.1) is 13.8 Å². The average Bonchev–Trinajstić information content (AvgIpc) is 2.94. The molecule has 20 heavy (non-hydrogen) atoms. The molecule has 3 aromatic heterocycles. The summed E-state index contributed by atoms with van der Waals surface area (Å²) >= 11 is 5.24. The van der Waals surface area contributed by atoms with Crippen molar-refractivity contribution in [1.82, 2.24) is 19.7 Å². The van der Waals surface area contributed by atoms with Crippen LogP contribution < -0.4 is 5.32 Å². The minimum Gasteiger partial charge on any atom is -0.306 e. The molecule has 0 atom stereocenters. The zero-order valence-electron chi connectivity index (χ0n) is 11.4. The van der Waals surface area contributed by atoms with Crippen molar-refractivity contribution >= 4 is 32.9 Å². The Morgan fingerprint density at radius 2 is 2.10 bits per heavy atom. The first kappa shape index (κ1) is 13.7. The van der Waals surface area contributed by atoms with Crippen LogP contribution in [0.2, 0.25) is 0 Å². The Labute approximate surface area is 130 Å². The molecule has 0 saturated heterocycles. The largest absolute Gasteiger partial charge is 0.306 e. The number of nitrogens with zero attached hydrogens (tertiary/aromatic N) is 3. The first-order valence-electron chi connectivity index (χ1n) is 6.37. The summed E-state index contributed by atoms with van der Waals surface area (Å²) in [4.78, 5) is 11.3. The number of halogens is 1. The molecule has 0 aliphatic heterocycles. The molecule has 3 heterocycles. The van der Waals surface area contributed by atoms with Gasteiger partial charge in [0.2, 0.25) is 0 Å². The molecule has 1 N–H and O–H groups in total. The Bertz CT molecular complexity index is 727. The van der Waals surface area contributed by atoms with E-state index in [4.69, 9.17) is 0 Å². The van der Waals surface area contributed by atoms with Crippen molar-refractivity contribution in [3.63, 3.8) is 0 Å². The van der Waals surface area contributed by atoms with Gasteiger partial charge in [0.1, 0.15) is 4.60 Å². The molecule has 0 spiro atoms. The summed E-state index contributed by atoms with van der Waals surface area (Å²) < 4.78 is 2.86. The molecular formula is C14H15BrN4S. The van der Waals surface area contributed by atoms with E-state index in [0.717, 1.165) is 29.0 Å². The van der Waals surface area contributed by atoms with Crippen molar-refractivity contribution in [3.8, 4) is 0 Å². The molecule has 0 aliphatic carbocycles. The Kier molecular flexibility index (Phi) is 3.87. The van der Waals surface area contributed by atoms with Crippen LogP contribution in [-0.2, 0) is 13.1 Å². The summed E-state index contributed by atoms with van der Waals surface area (Å²) in [6.45, 7) is 6.00. The van der Waals surface area contributed by atoms with Gasteiger partial charge < -0.3 is 5.32 Å². The minimum atomic E-state index is 0.785. The molecule has 0 aromatic carbocycles. The SMILES string of the molecule is Cc1cc(CNCc2cnc3cnc(Br)cn23)sc1C. The quantitative estimate of drug-likeness (QED) is 0.783. The average molecular weight is 351 g/mol. The predicted molar refractivity (Wildman–Crippen MR) is 85.0 cm³/mol. The molecular weight excluding hydrogens is 336 g/mol. The topological polar surface area (TPSA) is 42.2 Å². The number of hydrogen-bond donors (Lipinski definition) is 1. The fraction of sp³-hybridized carbons (Fsp3) is 0.286. The zero-order valence-corrected chi connectivity index (χ0v) is 13.8. The van der Waals surface area contributed by atoms with Crippen molar-refractivity contribution in [3.05, 3.63) is 50.3 Å². The second kappa shape index (κ2) is 5.63. The molecule has 3 aromatic rings. The van der Waals surface area contributed by atoms with Crippen LogP contribution in [-0.4, -0.2) is 14.4 Å². The minimum absolute atomic E-state index is 0.785. The van der Waals surface area contributed by atoms with Crippen molar-refractivity contribution in [2.75, 3.05) is 0 Å². The first-order valence-corrected chi connectivity index (χ1v) is 7.98. The van der Waals surface area contributed by atoms with Crippen LogP contribution in [0.4, 0.5) is 0 Å². The van der Waals surface area contributed by atoms with Gasteiger partial charge in [-0.2, -0.15) is 0 Å². The van der Waals surface area contributed by atoms with Crippen LogP contribution in [0.25, 0.3) is 5.65 Å². The van der Waals surface area contributed by atoms with E-state index < -0.39 is 0 Å². The monoisotopic (exact) mass is 350 g/mol. The maximum Gasteiger partial charge on any atom is 0.155 e. The Balaban J connectivity index is 1.69. The van der Waals surface area contributed by atoms with E-state index in [9.17, 15) is 0 Å². The summed E-state index contributed by atoms with van der Waals surface area (Å²) in [6.07, 6.45) is 5.60. The van der Waals surface area contributed by atoms with Crippen LogP contribution in [0.5, 0.6) is 0 Å². The van der Waals surface area contributed by atoms with Gasteiger partial charge >= 0.3 is 0 Å². The Hall–Kier alpha value is -1.24. The highest BCUT2D eigenvalue weighted by Gasteiger charge is 2.05. The Morgan fingerprint density at radius 3 is 2.85 bits per heavy atom. The van der Waals surface area contributed by atoms with Crippen molar-refractivity contribution in [1.29, 1.82) is 0 Å².